The summed E-state index contributed by atoms with van der Waals surface area (Å²) in [4.78, 5) is 14.4. The highest BCUT2D eigenvalue weighted by molar-refractivity contribution is 7.99. The van der Waals surface area contributed by atoms with Crippen molar-refractivity contribution in [3.63, 3.8) is 0 Å². The molecule has 0 amide bonds. The van der Waals surface area contributed by atoms with Crippen LogP contribution in [0.4, 0.5) is 0 Å². The van der Waals surface area contributed by atoms with Crippen LogP contribution in [0.2, 0.25) is 0 Å². The summed E-state index contributed by atoms with van der Waals surface area (Å²) < 4.78 is 7.30. The number of thioether (sulfide) groups is 1. The van der Waals surface area contributed by atoms with Gasteiger partial charge in [0, 0.05) is 12.7 Å². The Morgan fingerprint density at radius 3 is 2.85 bits per heavy atom. The molecule has 0 saturated heterocycles. The first-order chi connectivity index (χ1) is 9.69. The molecule has 112 valence electrons. The number of rotatable bonds is 10. The third-order valence-corrected chi connectivity index (χ3v) is 4.44. The number of carbonyl (C=O) groups excluding carboxylic acids is 1. The van der Waals surface area contributed by atoms with Gasteiger partial charge in [0.05, 0.1) is 6.61 Å². The SMILES string of the molecule is CCn1cc(C)c(SCCCCCCOC=O)nc1=S. The van der Waals surface area contributed by atoms with Gasteiger partial charge in [-0.2, -0.15) is 0 Å². The van der Waals surface area contributed by atoms with Crippen LogP contribution in [-0.2, 0) is 16.1 Å². The van der Waals surface area contributed by atoms with Gasteiger partial charge in [-0.25, -0.2) is 4.98 Å². The van der Waals surface area contributed by atoms with Crippen LogP contribution >= 0.6 is 24.0 Å². The van der Waals surface area contributed by atoms with Crippen molar-refractivity contribution in [2.24, 2.45) is 0 Å². The van der Waals surface area contributed by atoms with Gasteiger partial charge in [-0.1, -0.05) is 12.8 Å². The molecular formula is C14H22N2O2S2. The minimum absolute atomic E-state index is 0.509. The first-order valence-electron chi connectivity index (χ1n) is 6.95. The van der Waals surface area contributed by atoms with Gasteiger partial charge < -0.3 is 9.30 Å². The molecule has 0 spiro atoms. The van der Waals surface area contributed by atoms with Crippen LogP contribution in [0.25, 0.3) is 0 Å². The number of hydrogen-bond acceptors (Lipinski definition) is 5. The average Bonchev–Trinajstić information content (AvgIpc) is 2.44. The zero-order valence-electron chi connectivity index (χ0n) is 12.1. The molecule has 0 N–H and O–H groups in total. The van der Waals surface area contributed by atoms with Gasteiger partial charge >= 0.3 is 0 Å². The molecule has 0 radical (unpaired) electrons. The number of hydrogen-bond donors (Lipinski definition) is 0. The number of aromatic nitrogens is 2. The highest BCUT2D eigenvalue weighted by Gasteiger charge is 2.03. The molecule has 1 aromatic rings. The van der Waals surface area contributed by atoms with Gasteiger partial charge in [0.2, 0.25) is 4.77 Å². The Balaban J connectivity index is 2.27. The largest absolute Gasteiger partial charge is 0.468 e. The van der Waals surface area contributed by atoms with E-state index in [4.69, 9.17) is 12.2 Å². The van der Waals surface area contributed by atoms with Crippen LogP contribution in [-0.4, -0.2) is 28.4 Å². The number of unbranched alkanes of at least 4 members (excludes halogenated alkanes) is 3. The van der Waals surface area contributed by atoms with Crippen molar-refractivity contribution in [1.29, 1.82) is 0 Å². The minimum atomic E-state index is 0.509. The number of ether oxygens (including phenoxy) is 1. The van der Waals surface area contributed by atoms with Crippen LogP contribution in [0, 0.1) is 11.7 Å². The molecular weight excluding hydrogens is 292 g/mol. The summed E-state index contributed by atoms with van der Waals surface area (Å²) in [5.74, 6) is 1.05. The highest BCUT2D eigenvalue weighted by Crippen LogP contribution is 2.21. The third-order valence-electron chi connectivity index (χ3n) is 2.93. The molecule has 1 rings (SSSR count). The fourth-order valence-corrected chi connectivity index (χ4v) is 3.12. The van der Waals surface area contributed by atoms with E-state index in [1.165, 1.54) is 5.56 Å². The molecule has 0 unspecified atom stereocenters. The van der Waals surface area contributed by atoms with Crippen molar-refractivity contribution in [3.05, 3.63) is 16.5 Å². The summed E-state index contributed by atoms with van der Waals surface area (Å²) in [6.07, 6.45) is 6.41. The fourth-order valence-electron chi connectivity index (χ4n) is 1.81. The second-order valence-electron chi connectivity index (χ2n) is 4.53. The average molecular weight is 314 g/mol. The Hall–Kier alpha value is -0.880. The lowest BCUT2D eigenvalue weighted by atomic mass is 10.2. The van der Waals surface area contributed by atoms with Crippen molar-refractivity contribution in [1.82, 2.24) is 9.55 Å². The van der Waals surface area contributed by atoms with E-state index in [0.717, 1.165) is 43.0 Å². The van der Waals surface area contributed by atoms with E-state index in [1.807, 2.05) is 4.57 Å². The van der Waals surface area contributed by atoms with Crippen LogP contribution < -0.4 is 0 Å². The van der Waals surface area contributed by atoms with Crippen LogP contribution in [0.15, 0.2) is 11.2 Å². The molecule has 0 aromatic carbocycles. The van der Waals surface area contributed by atoms with Crippen LogP contribution in [0.5, 0.6) is 0 Å². The van der Waals surface area contributed by atoms with E-state index >= 15 is 0 Å². The van der Waals surface area contributed by atoms with E-state index in [1.54, 1.807) is 11.8 Å². The number of carbonyl (C=O) groups is 1. The fraction of sp³-hybridized carbons (Fsp3) is 0.643. The summed E-state index contributed by atoms with van der Waals surface area (Å²) in [6.45, 7) is 6.05. The van der Waals surface area contributed by atoms with Crippen molar-refractivity contribution in [2.45, 2.75) is 51.1 Å². The second-order valence-corrected chi connectivity index (χ2v) is 5.98. The summed E-state index contributed by atoms with van der Waals surface area (Å²) in [5.41, 5.74) is 1.19. The zero-order chi connectivity index (χ0) is 14.8. The van der Waals surface area contributed by atoms with Gasteiger partial charge in [0.15, 0.2) is 0 Å². The van der Waals surface area contributed by atoms with E-state index in [9.17, 15) is 4.79 Å². The quantitative estimate of drug-likeness (QED) is 0.216. The second kappa shape index (κ2) is 9.94. The Morgan fingerprint density at radius 1 is 1.40 bits per heavy atom. The van der Waals surface area contributed by atoms with Crippen LogP contribution in [0.1, 0.15) is 38.2 Å². The molecule has 20 heavy (non-hydrogen) atoms. The predicted molar refractivity (Wildman–Crippen MR) is 84.7 cm³/mol. The normalized spacial score (nSPS) is 10.5. The van der Waals surface area contributed by atoms with E-state index in [2.05, 4.69) is 29.8 Å². The van der Waals surface area contributed by atoms with Gasteiger partial charge in [-0.3, -0.25) is 4.79 Å². The molecule has 0 aliphatic heterocycles. The molecule has 0 bridgehead atoms. The number of aryl methyl sites for hydroxylation is 2. The monoisotopic (exact) mass is 314 g/mol. The first kappa shape index (κ1) is 17.2. The van der Waals surface area contributed by atoms with Crippen molar-refractivity contribution >= 4 is 30.5 Å². The van der Waals surface area contributed by atoms with Gasteiger partial charge in [0.1, 0.15) is 5.03 Å². The Bertz CT molecular complexity index is 475. The van der Waals surface area contributed by atoms with Crippen molar-refractivity contribution < 1.29 is 9.53 Å². The third kappa shape index (κ3) is 6.05. The highest BCUT2D eigenvalue weighted by atomic mass is 32.2. The van der Waals surface area contributed by atoms with E-state index in [-0.39, 0.29) is 0 Å². The maximum absolute atomic E-state index is 9.96. The van der Waals surface area contributed by atoms with Crippen LogP contribution in [0.3, 0.4) is 0 Å². The van der Waals surface area contributed by atoms with Gasteiger partial charge in [-0.05, 0) is 50.2 Å². The summed E-state index contributed by atoms with van der Waals surface area (Å²) in [5, 5.41) is 1.05. The molecule has 4 nitrogen and oxygen atoms in total. The molecule has 0 aliphatic carbocycles. The molecule has 6 heteroatoms. The van der Waals surface area contributed by atoms with Gasteiger partial charge in [0.25, 0.3) is 6.47 Å². The topological polar surface area (TPSA) is 44.1 Å². The lowest BCUT2D eigenvalue weighted by Gasteiger charge is -2.08. The molecule has 0 fully saturated rings. The molecule has 1 heterocycles. The Morgan fingerprint density at radius 2 is 2.15 bits per heavy atom. The standard InChI is InChI=1S/C14H22N2O2S2/c1-3-16-10-12(2)13(15-14(16)19)20-9-7-5-4-6-8-18-11-17/h10-11H,3-9H2,1-2H3. The maximum Gasteiger partial charge on any atom is 0.293 e. The lowest BCUT2D eigenvalue weighted by Crippen LogP contribution is -2.02. The first-order valence-corrected chi connectivity index (χ1v) is 8.34. The molecule has 0 aliphatic rings. The Labute approximate surface area is 129 Å². The van der Waals surface area contributed by atoms with E-state index in [0.29, 0.717) is 17.9 Å². The lowest BCUT2D eigenvalue weighted by molar-refractivity contribution is -0.128. The molecule has 0 atom stereocenters. The molecule has 0 saturated carbocycles. The van der Waals surface area contributed by atoms with Crippen molar-refractivity contribution in [2.75, 3.05) is 12.4 Å². The maximum atomic E-state index is 9.96. The Kier molecular flexibility index (Phi) is 8.53. The minimum Gasteiger partial charge on any atom is -0.468 e. The van der Waals surface area contributed by atoms with Gasteiger partial charge in [-0.15, -0.1) is 11.8 Å². The summed E-state index contributed by atoms with van der Waals surface area (Å²) in [7, 11) is 0. The summed E-state index contributed by atoms with van der Waals surface area (Å²) >= 11 is 7.03. The smallest absolute Gasteiger partial charge is 0.293 e. The van der Waals surface area contributed by atoms with Crippen molar-refractivity contribution in [3.8, 4) is 0 Å². The zero-order valence-corrected chi connectivity index (χ0v) is 13.8. The molecule has 1 aromatic heterocycles. The van der Waals surface area contributed by atoms with E-state index < -0.39 is 0 Å². The number of nitrogens with zero attached hydrogens (tertiary/aromatic N) is 2. The predicted octanol–water partition coefficient (Wildman–Crippen LogP) is 3.77. The summed E-state index contributed by atoms with van der Waals surface area (Å²) in [6, 6.07) is 0.